The number of rotatable bonds is 7. The smallest absolute Gasteiger partial charge is 0.133 e. The molecule has 0 fully saturated rings. The van der Waals surface area contributed by atoms with Crippen molar-refractivity contribution in [3.8, 4) is 5.75 Å². The summed E-state index contributed by atoms with van der Waals surface area (Å²) < 4.78 is 11.7. The van der Waals surface area contributed by atoms with Crippen LogP contribution in [0, 0.1) is 0 Å². The molecule has 0 aliphatic rings. The van der Waals surface area contributed by atoms with Crippen molar-refractivity contribution in [3.05, 3.63) is 28.2 Å². The number of ether oxygens (including phenoxy) is 2. The molecule has 1 rings (SSSR count). The molecule has 0 bridgehead atoms. The maximum absolute atomic E-state index is 5.54. The third kappa shape index (κ3) is 5.38. The van der Waals surface area contributed by atoms with Crippen LogP contribution in [-0.4, -0.2) is 38.3 Å². The van der Waals surface area contributed by atoms with E-state index in [9.17, 15) is 0 Å². The zero-order chi connectivity index (χ0) is 13.5. The summed E-state index contributed by atoms with van der Waals surface area (Å²) in [4.78, 5) is 2.25. The van der Waals surface area contributed by atoms with E-state index in [1.165, 1.54) is 5.56 Å². The Bertz CT molecular complexity index is 369. The van der Waals surface area contributed by atoms with Crippen LogP contribution < -0.4 is 4.74 Å². The second-order valence-electron chi connectivity index (χ2n) is 4.63. The molecule has 0 atom stereocenters. The van der Waals surface area contributed by atoms with Gasteiger partial charge < -0.3 is 9.47 Å². The lowest BCUT2D eigenvalue weighted by Crippen LogP contribution is -2.24. The topological polar surface area (TPSA) is 21.7 Å². The van der Waals surface area contributed by atoms with E-state index in [4.69, 9.17) is 9.47 Å². The van der Waals surface area contributed by atoms with Crippen molar-refractivity contribution in [1.82, 2.24) is 4.90 Å². The Morgan fingerprint density at radius 2 is 2.06 bits per heavy atom. The van der Waals surface area contributed by atoms with Gasteiger partial charge in [-0.25, -0.2) is 0 Å². The summed E-state index contributed by atoms with van der Waals surface area (Å²) >= 11 is 3.50. The Kier molecular flexibility index (Phi) is 6.68. The van der Waals surface area contributed by atoms with Crippen LogP contribution >= 0.6 is 15.9 Å². The summed E-state index contributed by atoms with van der Waals surface area (Å²) in [5, 5.41) is 0. The Morgan fingerprint density at radius 3 is 2.61 bits per heavy atom. The van der Waals surface area contributed by atoms with Crippen molar-refractivity contribution in [3.63, 3.8) is 0 Å². The average molecular weight is 316 g/mol. The Hall–Kier alpha value is -0.580. The molecular formula is C14H22BrNO2. The van der Waals surface area contributed by atoms with E-state index >= 15 is 0 Å². The fourth-order valence-electron chi connectivity index (χ4n) is 1.64. The van der Waals surface area contributed by atoms with Crippen LogP contribution in [0.5, 0.6) is 5.75 Å². The van der Waals surface area contributed by atoms with Crippen LogP contribution in [0.3, 0.4) is 0 Å². The summed E-state index contributed by atoms with van der Waals surface area (Å²) in [5.41, 5.74) is 1.26. The highest BCUT2D eigenvalue weighted by Crippen LogP contribution is 2.25. The summed E-state index contributed by atoms with van der Waals surface area (Å²) in [7, 11) is 3.77. The Labute approximate surface area is 118 Å². The molecule has 0 spiro atoms. The fraction of sp³-hybridized carbons (Fsp3) is 0.571. The molecule has 0 amide bonds. The van der Waals surface area contributed by atoms with E-state index in [1.807, 2.05) is 6.07 Å². The molecule has 0 aliphatic carbocycles. The Morgan fingerprint density at radius 1 is 1.33 bits per heavy atom. The number of nitrogens with zero attached hydrogens (tertiary/aromatic N) is 1. The molecule has 0 unspecified atom stereocenters. The molecule has 1 aromatic carbocycles. The lowest BCUT2D eigenvalue weighted by molar-refractivity contribution is 0.0627. The second-order valence-corrected chi connectivity index (χ2v) is 5.48. The number of benzene rings is 1. The minimum Gasteiger partial charge on any atom is -0.496 e. The quantitative estimate of drug-likeness (QED) is 0.770. The first-order valence-electron chi connectivity index (χ1n) is 6.15. The van der Waals surface area contributed by atoms with Gasteiger partial charge in [-0.15, -0.1) is 0 Å². The van der Waals surface area contributed by atoms with E-state index < -0.39 is 0 Å². The number of likely N-dealkylation sites (N-methyl/N-ethyl adjacent to an activating group) is 1. The van der Waals surface area contributed by atoms with Crippen LogP contribution in [0.1, 0.15) is 19.4 Å². The van der Waals surface area contributed by atoms with Gasteiger partial charge in [-0.1, -0.05) is 6.07 Å². The zero-order valence-electron chi connectivity index (χ0n) is 11.6. The highest BCUT2D eigenvalue weighted by atomic mass is 79.9. The number of hydrogen-bond donors (Lipinski definition) is 0. The maximum Gasteiger partial charge on any atom is 0.133 e. The first kappa shape index (κ1) is 15.5. The van der Waals surface area contributed by atoms with Crippen molar-refractivity contribution < 1.29 is 9.47 Å². The first-order chi connectivity index (χ1) is 8.52. The fourth-order valence-corrected chi connectivity index (χ4v) is 2.23. The third-order valence-corrected chi connectivity index (χ3v) is 3.21. The predicted octanol–water partition coefficient (Wildman–Crippen LogP) is 3.31. The van der Waals surface area contributed by atoms with Gasteiger partial charge in [-0.05, 0) is 54.5 Å². The summed E-state index contributed by atoms with van der Waals surface area (Å²) in [6.07, 6.45) is 0.300. The molecule has 18 heavy (non-hydrogen) atoms. The third-order valence-electron chi connectivity index (χ3n) is 2.59. The monoisotopic (exact) mass is 315 g/mol. The minimum absolute atomic E-state index is 0.300. The molecule has 102 valence electrons. The predicted molar refractivity (Wildman–Crippen MR) is 78.1 cm³/mol. The van der Waals surface area contributed by atoms with Gasteiger partial charge in [0.25, 0.3) is 0 Å². The summed E-state index contributed by atoms with van der Waals surface area (Å²) in [6, 6.07) is 6.17. The largest absolute Gasteiger partial charge is 0.496 e. The molecule has 4 heteroatoms. The van der Waals surface area contributed by atoms with E-state index in [2.05, 4.69) is 53.9 Å². The van der Waals surface area contributed by atoms with E-state index in [-0.39, 0.29) is 0 Å². The highest BCUT2D eigenvalue weighted by molar-refractivity contribution is 9.10. The Balaban J connectivity index is 2.44. The van der Waals surface area contributed by atoms with Crippen LogP contribution in [-0.2, 0) is 11.3 Å². The second kappa shape index (κ2) is 7.77. The van der Waals surface area contributed by atoms with E-state index in [0.29, 0.717) is 6.10 Å². The van der Waals surface area contributed by atoms with Crippen molar-refractivity contribution >= 4 is 15.9 Å². The molecule has 3 nitrogen and oxygen atoms in total. The maximum atomic E-state index is 5.54. The van der Waals surface area contributed by atoms with Crippen LogP contribution in [0.25, 0.3) is 0 Å². The van der Waals surface area contributed by atoms with Gasteiger partial charge in [0, 0.05) is 13.1 Å². The molecule has 0 aliphatic heterocycles. The summed E-state index contributed by atoms with van der Waals surface area (Å²) in [5.74, 6) is 0.865. The number of halogens is 1. The lowest BCUT2D eigenvalue weighted by Gasteiger charge is -2.18. The van der Waals surface area contributed by atoms with Crippen LogP contribution in [0.15, 0.2) is 22.7 Å². The summed E-state index contributed by atoms with van der Waals surface area (Å²) in [6.45, 7) is 6.72. The van der Waals surface area contributed by atoms with Crippen LogP contribution in [0.2, 0.25) is 0 Å². The van der Waals surface area contributed by atoms with Gasteiger partial charge in [0.05, 0.1) is 24.3 Å². The molecular weight excluding hydrogens is 294 g/mol. The number of hydrogen-bond acceptors (Lipinski definition) is 3. The molecule has 0 aromatic heterocycles. The van der Waals surface area contributed by atoms with Gasteiger partial charge in [0.2, 0.25) is 0 Å². The minimum atomic E-state index is 0.300. The first-order valence-corrected chi connectivity index (χ1v) is 6.94. The molecule has 0 saturated heterocycles. The standard InChI is InChI=1S/C14H22BrNO2/c1-11(2)18-8-7-16(3)10-12-5-6-14(17-4)13(15)9-12/h5-6,9,11H,7-8,10H2,1-4H3. The van der Waals surface area contributed by atoms with Gasteiger partial charge >= 0.3 is 0 Å². The van der Waals surface area contributed by atoms with Gasteiger partial charge in [-0.2, -0.15) is 0 Å². The SMILES string of the molecule is COc1ccc(CN(C)CCOC(C)C)cc1Br. The van der Waals surface area contributed by atoms with Crippen molar-refractivity contribution in [2.45, 2.75) is 26.5 Å². The average Bonchev–Trinajstić information content (AvgIpc) is 2.28. The number of methoxy groups -OCH3 is 1. The van der Waals surface area contributed by atoms with Crippen molar-refractivity contribution in [1.29, 1.82) is 0 Å². The molecule has 0 radical (unpaired) electrons. The van der Waals surface area contributed by atoms with Crippen molar-refractivity contribution in [2.75, 3.05) is 27.3 Å². The van der Waals surface area contributed by atoms with E-state index in [0.717, 1.165) is 29.9 Å². The van der Waals surface area contributed by atoms with Crippen molar-refractivity contribution in [2.24, 2.45) is 0 Å². The molecule has 0 N–H and O–H groups in total. The normalized spacial score (nSPS) is 11.3. The molecule has 0 heterocycles. The van der Waals surface area contributed by atoms with E-state index in [1.54, 1.807) is 7.11 Å². The lowest BCUT2D eigenvalue weighted by atomic mass is 10.2. The molecule has 0 saturated carbocycles. The van der Waals surface area contributed by atoms with Gasteiger partial charge in [-0.3, -0.25) is 4.90 Å². The van der Waals surface area contributed by atoms with Gasteiger partial charge in [0.1, 0.15) is 5.75 Å². The zero-order valence-corrected chi connectivity index (χ0v) is 13.2. The van der Waals surface area contributed by atoms with Gasteiger partial charge in [0.15, 0.2) is 0 Å². The molecule has 1 aromatic rings. The van der Waals surface area contributed by atoms with Crippen LogP contribution in [0.4, 0.5) is 0 Å². The highest BCUT2D eigenvalue weighted by Gasteiger charge is 2.04.